The van der Waals surface area contributed by atoms with E-state index in [9.17, 15) is 5.11 Å². The summed E-state index contributed by atoms with van der Waals surface area (Å²) in [7, 11) is 0. The Labute approximate surface area is 101 Å². The van der Waals surface area contributed by atoms with Crippen molar-refractivity contribution in [3.63, 3.8) is 0 Å². The van der Waals surface area contributed by atoms with Crippen LogP contribution in [0, 0.1) is 11.3 Å². The third-order valence-electron chi connectivity index (χ3n) is 2.84. The molecule has 1 N–H and O–H groups in total. The summed E-state index contributed by atoms with van der Waals surface area (Å²) in [6.07, 6.45) is 0.895. The zero-order chi connectivity index (χ0) is 12.3. The van der Waals surface area contributed by atoms with Gasteiger partial charge in [-0.05, 0) is 23.6 Å². The van der Waals surface area contributed by atoms with Gasteiger partial charge in [0.05, 0.1) is 5.56 Å². The number of aromatic hydroxyl groups is 1. The van der Waals surface area contributed by atoms with Crippen LogP contribution >= 0.6 is 0 Å². The van der Waals surface area contributed by atoms with Gasteiger partial charge in [0.25, 0.3) is 0 Å². The molecular weight excluding hydrogens is 210 g/mol. The predicted octanol–water partition coefficient (Wildman–Crippen LogP) is 3.49. The molecule has 0 amide bonds. The van der Waals surface area contributed by atoms with Gasteiger partial charge in [-0.15, -0.1) is 0 Å². The molecule has 2 heteroatoms. The summed E-state index contributed by atoms with van der Waals surface area (Å²) >= 11 is 0. The second kappa shape index (κ2) is 4.71. The molecule has 0 aliphatic carbocycles. The molecule has 2 nitrogen and oxygen atoms in total. The lowest BCUT2D eigenvalue weighted by molar-refractivity contribution is 0.475. The Kier molecular flexibility index (Phi) is 3.11. The number of hydrogen-bond acceptors (Lipinski definition) is 2. The molecule has 84 valence electrons. The van der Waals surface area contributed by atoms with Crippen molar-refractivity contribution in [1.82, 2.24) is 0 Å². The Morgan fingerprint density at radius 2 is 1.76 bits per heavy atom. The van der Waals surface area contributed by atoms with Crippen LogP contribution in [-0.2, 0) is 6.42 Å². The van der Waals surface area contributed by atoms with Crippen LogP contribution in [0.15, 0.2) is 42.5 Å². The smallest absolute Gasteiger partial charge is 0.141 e. The second-order valence-electron chi connectivity index (χ2n) is 3.82. The molecule has 0 bridgehead atoms. The summed E-state index contributed by atoms with van der Waals surface area (Å²) in [5.74, 6) is 0.0656. The van der Waals surface area contributed by atoms with Crippen molar-refractivity contribution in [2.75, 3.05) is 0 Å². The monoisotopic (exact) mass is 223 g/mol. The normalized spacial score (nSPS) is 9.88. The summed E-state index contributed by atoms with van der Waals surface area (Å²) in [4.78, 5) is 0. The van der Waals surface area contributed by atoms with Crippen LogP contribution in [0.5, 0.6) is 5.75 Å². The summed E-state index contributed by atoms with van der Waals surface area (Å²) in [5, 5.41) is 18.9. The van der Waals surface area contributed by atoms with Crippen molar-refractivity contribution in [3.05, 3.63) is 53.6 Å². The van der Waals surface area contributed by atoms with E-state index in [1.54, 1.807) is 12.1 Å². The minimum Gasteiger partial charge on any atom is -0.506 e. The van der Waals surface area contributed by atoms with Gasteiger partial charge in [-0.1, -0.05) is 43.3 Å². The predicted molar refractivity (Wildman–Crippen MR) is 67.6 cm³/mol. The number of para-hydroxylation sites is 1. The molecule has 0 saturated carbocycles. The van der Waals surface area contributed by atoms with Gasteiger partial charge in [-0.2, -0.15) is 5.26 Å². The van der Waals surface area contributed by atoms with Crippen LogP contribution in [0.4, 0.5) is 0 Å². The van der Waals surface area contributed by atoms with Gasteiger partial charge in [0, 0.05) is 5.56 Å². The highest BCUT2D eigenvalue weighted by atomic mass is 16.3. The maximum Gasteiger partial charge on any atom is 0.141 e. The van der Waals surface area contributed by atoms with Gasteiger partial charge in [0.1, 0.15) is 11.8 Å². The van der Waals surface area contributed by atoms with Gasteiger partial charge < -0.3 is 5.11 Å². The molecule has 0 fully saturated rings. The number of aryl methyl sites for hydroxylation is 1. The first kappa shape index (κ1) is 11.2. The lowest BCUT2D eigenvalue weighted by Gasteiger charge is -2.10. The first-order valence-electron chi connectivity index (χ1n) is 5.58. The highest BCUT2D eigenvalue weighted by Crippen LogP contribution is 2.33. The summed E-state index contributed by atoms with van der Waals surface area (Å²) in [6, 6.07) is 15.2. The van der Waals surface area contributed by atoms with Crippen molar-refractivity contribution < 1.29 is 5.11 Å². The van der Waals surface area contributed by atoms with E-state index in [0.717, 1.165) is 23.1 Å². The molecule has 0 saturated heterocycles. The quantitative estimate of drug-likeness (QED) is 0.846. The summed E-state index contributed by atoms with van der Waals surface area (Å²) in [6.45, 7) is 2.07. The van der Waals surface area contributed by atoms with Crippen LogP contribution in [0.1, 0.15) is 18.1 Å². The lowest BCUT2D eigenvalue weighted by atomic mass is 9.96. The maximum atomic E-state index is 10.0. The Balaban J connectivity index is 2.65. The maximum absolute atomic E-state index is 10.0. The number of rotatable bonds is 2. The topological polar surface area (TPSA) is 44.0 Å². The zero-order valence-corrected chi connectivity index (χ0v) is 9.64. The zero-order valence-electron chi connectivity index (χ0n) is 9.64. The summed E-state index contributed by atoms with van der Waals surface area (Å²) < 4.78 is 0. The summed E-state index contributed by atoms with van der Waals surface area (Å²) in [5.41, 5.74) is 3.19. The lowest BCUT2D eigenvalue weighted by Crippen LogP contribution is -1.89. The number of nitriles is 1. The molecule has 0 radical (unpaired) electrons. The largest absolute Gasteiger partial charge is 0.506 e. The highest BCUT2D eigenvalue weighted by molar-refractivity contribution is 5.75. The fourth-order valence-corrected chi connectivity index (χ4v) is 1.94. The molecule has 2 aromatic carbocycles. The minimum atomic E-state index is 0.0656. The van der Waals surface area contributed by atoms with E-state index in [1.165, 1.54) is 0 Å². The fourth-order valence-electron chi connectivity index (χ4n) is 1.94. The number of phenolic OH excluding ortho intramolecular Hbond substituents is 1. The van der Waals surface area contributed by atoms with Gasteiger partial charge in [-0.25, -0.2) is 0 Å². The SMILES string of the molecule is CCc1ccccc1-c1cccc(C#N)c1O. The van der Waals surface area contributed by atoms with E-state index in [0.29, 0.717) is 5.56 Å². The van der Waals surface area contributed by atoms with Gasteiger partial charge in [-0.3, -0.25) is 0 Å². The molecule has 2 rings (SSSR count). The van der Waals surface area contributed by atoms with Gasteiger partial charge in [0.2, 0.25) is 0 Å². The van der Waals surface area contributed by atoms with Crippen molar-refractivity contribution in [3.8, 4) is 22.9 Å². The number of benzene rings is 2. The molecule has 0 aliphatic heterocycles. The van der Waals surface area contributed by atoms with Crippen molar-refractivity contribution in [1.29, 1.82) is 5.26 Å². The number of phenols is 1. The fraction of sp³-hybridized carbons (Fsp3) is 0.133. The van der Waals surface area contributed by atoms with Crippen LogP contribution in [0.25, 0.3) is 11.1 Å². The average Bonchev–Trinajstić information content (AvgIpc) is 2.39. The van der Waals surface area contributed by atoms with Crippen molar-refractivity contribution in [2.45, 2.75) is 13.3 Å². The number of hydrogen-bond donors (Lipinski definition) is 1. The first-order valence-corrected chi connectivity index (χ1v) is 5.58. The van der Waals surface area contributed by atoms with Gasteiger partial charge in [0.15, 0.2) is 0 Å². The second-order valence-corrected chi connectivity index (χ2v) is 3.82. The third kappa shape index (κ3) is 2.00. The van der Waals surface area contributed by atoms with E-state index in [1.807, 2.05) is 36.4 Å². The van der Waals surface area contributed by atoms with Crippen LogP contribution in [0.3, 0.4) is 0 Å². The molecule has 0 unspecified atom stereocenters. The molecule has 0 heterocycles. The Hall–Kier alpha value is -2.27. The van der Waals surface area contributed by atoms with E-state index >= 15 is 0 Å². The Bertz CT molecular complexity index is 582. The van der Waals surface area contributed by atoms with E-state index in [-0.39, 0.29) is 5.75 Å². The molecular formula is C15H13NO. The standard InChI is InChI=1S/C15H13NO/c1-2-11-6-3-4-8-13(11)14-9-5-7-12(10-16)15(14)17/h3-9,17H,2H2,1H3. The average molecular weight is 223 g/mol. The van der Waals surface area contributed by atoms with E-state index in [2.05, 4.69) is 6.92 Å². The third-order valence-corrected chi connectivity index (χ3v) is 2.84. The van der Waals surface area contributed by atoms with Crippen molar-refractivity contribution in [2.24, 2.45) is 0 Å². The van der Waals surface area contributed by atoms with Gasteiger partial charge >= 0.3 is 0 Å². The number of nitrogens with zero attached hydrogens (tertiary/aromatic N) is 1. The van der Waals surface area contributed by atoms with Crippen molar-refractivity contribution >= 4 is 0 Å². The highest BCUT2D eigenvalue weighted by Gasteiger charge is 2.10. The van der Waals surface area contributed by atoms with Crippen LogP contribution in [-0.4, -0.2) is 5.11 Å². The van der Waals surface area contributed by atoms with Crippen LogP contribution < -0.4 is 0 Å². The molecule has 0 atom stereocenters. The Morgan fingerprint density at radius 1 is 1.06 bits per heavy atom. The molecule has 0 aliphatic rings. The molecule has 0 spiro atoms. The van der Waals surface area contributed by atoms with E-state index in [4.69, 9.17) is 5.26 Å². The first-order chi connectivity index (χ1) is 8.27. The molecule has 17 heavy (non-hydrogen) atoms. The van der Waals surface area contributed by atoms with E-state index < -0.39 is 0 Å². The minimum absolute atomic E-state index is 0.0656. The molecule has 2 aromatic rings. The Morgan fingerprint density at radius 3 is 2.47 bits per heavy atom. The molecule has 0 aromatic heterocycles. The van der Waals surface area contributed by atoms with Crippen LogP contribution in [0.2, 0.25) is 0 Å².